The number of halogens is 1. The van der Waals surface area contributed by atoms with Crippen molar-refractivity contribution in [3.63, 3.8) is 0 Å². The van der Waals surface area contributed by atoms with Crippen LogP contribution in [0.1, 0.15) is 24.1 Å². The summed E-state index contributed by atoms with van der Waals surface area (Å²) >= 11 is 1.22. The monoisotopic (exact) mass is 432 g/mol. The second-order valence-electron chi connectivity index (χ2n) is 6.97. The SMILES string of the molecule is CC(Sc1n[nH]c(-c2ccccc2F)n1)C(=O)NC(c1ccccc1)c1ccccc1. The third-order valence-corrected chi connectivity index (χ3v) is 5.76. The summed E-state index contributed by atoms with van der Waals surface area (Å²) in [7, 11) is 0. The number of hydrogen-bond donors (Lipinski definition) is 2. The number of carbonyl (C=O) groups is 1. The predicted octanol–water partition coefficient (Wildman–Crippen LogP) is 5.00. The summed E-state index contributed by atoms with van der Waals surface area (Å²) in [5.74, 6) is -0.186. The highest BCUT2D eigenvalue weighted by Gasteiger charge is 2.22. The van der Waals surface area contributed by atoms with Gasteiger partial charge in [-0.2, -0.15) is 0 Å². The molecule has 0 aliphatic carbocycles. The van der Waals surface area contributed by atoms with Gasteiger partial charge in [0.2, 0.25) is 11.1 Å². The maximum Gasteiger partial charge on any atom is 0.234 e. The molecule has 1 aromatic heterocycles. The summed E-state index contributed by atoms with van der Waals surface area (Å²) in [5.41, 5.74) is 2.34. The van der Waals surface area contributed by atoms with Crippen molar-refractivity contribution in [3.05, 3.63) is 102 Å². The molecule has 0 radical (unpaired) electrons. The van der Waals surface area contributed by atoms with Gasteiger partial charge in [-0.25, -0.2) is 9.37 Å². The summed E-state index contributed by atoms with van der Waals surface area (Å²) in [4.78, 5) is 17.3. The van der Waals surface area contributed by atoms with Crippen LogP contribution in [0.25, 0.3) is 11.4 Å². The number of aromatic amines is 1. The molecule has 0 spiro atoms. The number of carbonyl (C=O) groups excluding carboxylic acids is 1. The zero-order valence-corrected chi connectivity index (χ0v) is 17.6. The molecule has 3 aromatic carbocycles. The van der Waals surface area contributed by atoms with Crippen LogP contribution in [-0.4, -0.2) is 26.3 Å². The molecule has 0 saturated carbocycles. The Morgan fingerprint density at radius 2 is 1.52 bits per heavy atom. The Kier molecular flexibility index (Phi) is 6.43. The minimum Gasteiger partial charge on any atom is -0.344 e. The van der Waals surface area contributed by atoms with Crippen molar-refractivity contribution >= 4 is 17.7 Å². The Bertz CT molecular complexity index is 1110. The van der Waals surface area contributed by atoms with Crippen LogP contribution in [0.5, 0.6) is 0 Å². The van der Waals surface area contributed by atoms with Crippen LogP contribution in [0.15, 0.2) is 90.1 Å². The molecule has 4 rings (SSSR count). The highest BCUT2D eigenvalue weighted by molar-refractivity contribution is 8.00. The second kappa shape index (κ2) is 9.57. The maximum atomic E-state index is 14.0. The van der Waals surface area contributed by atoms with E-state index in [1.54, 1.807) is 25.1 Å². The van der Waals surface area contributed by atoms with Crippen LogP contribution in [0.2, 0.25) is 0 Å². The Balaban J connectivity index is 1.48. The van der Waals surface area contributed by atoms with E-state index in [0.717, 1.165) is 11.1 Å². The standard InChI is InChI=1S/C24H21FN4OS/c1-16(31-24-27-22(28-29-24)19-14-8-9-15-20(19)25)23(30)26-21(17-10-4-2-5-11-17)18-12-6-3-7-13-18/h2-16,21H,1H3,(H,26,30)(H,27,28,29). The number of hydrogen-bond acceptors (Lipinski definition) is 4. The third kappa shape index (κ3) is 5.00. The van der Waals surface area contributed by atoms with Gasteiger partial charge in [-0.05, 0) is 30.2 Å². The summed E-state index contributed by atoms with van der Waals surface area (Å²) < 4.78 is 14.0. The van der Waals surface area contributed by atoms with E-state index < -0.39 is 5.25 Å². The van der Waals surface area contributed by atoms with E-state index in [1.165, 1.54) is 17.8 Å². The van der Waals surface area contributed by atoms with Gasteiger partial charge in [0.25, 0.3) is 0 Å². The lowest BCUT2D eigenvalue weighted by atomic mass is 9.98. The smallest absolute Gasteiger partial charge is 0.234 e. The lowest BCUT2D eigenvalue weighted by Gasteiger charge is -2.21. The van der Waals surface area contributed by atoms with Gasteiger partial charge in [-0.15, -0.1) is 5.10 Å². The van der Waals surface area contributed by atoms with Crippen LogP contribution in [0.3, 0.4) is 0 Å². The van der Waals surface area contributed by atoms with Crippen molar-refractivity contribution in [2.75, 3.05) is 0 Å². The first-order valence-corrected chi connectivity index (χ1v) is 10.7. The predicted molar refractivity (Wildman–Crippen MR) is 120 cm³/mol. The second-order valence-corrected chi connectivity index (χ2v) is 8.28. The largest absolute Gasteiger partial charge is 0.344 e. The third-order valence-electron chi connectivity index (χ3n) is 4.80. The van der Waals surface area contributed by atoms with Crippen LogP contribution in [0, 0.1) is 5.82 Å². The van der Waals surface area contributed by atoms with Crippen molar-refractivity contribution in [3.8, 4) is 11.4 Å². The van der Waals surface area contributed by atoms with Gasteiger partial charge in [0.15, 0.2) is 5.82 Å². The molecular formula is C24H21FN4OS. The van der Waals surface area contributed by atoms with Gasteiger partial charge in [0.05, 0.1) is 16.9 Å². The van der Waals surface area contributed by atoms with Crippen molar-refractivity contribution in [2.24, 2.45) is 0 Å². The molecule has 1 heterocycles. The number of nitrogens with zero attached hydrogens (tertiary/aromatic N) is 2. The lowest BCUT2D eigenvalue weighted by molar-refractivity contribution is -0.120. The van der Waals surface area contributed by atoms with Crippen LogP contribution >= 0.6 is 11.8 Å². The zero-order valence-electron chi connectivity index (χ0n) is 16.8. The molecule has 7 heteroatoms. The molecule has 1 unspecified atom stereocenters. The van der Waals surface area contributed by atoms with Gasteiger partial charge in [0.1, 0.15) is 5.82 Å². The molecule has 0 saturated heterocycles. The number of thioether (sulfide) groups is 1. The van der Waals surface area contributed by atoms with Crippen molar-refractivity contribution in [1.82, 2.24) is 20.5 Å². The highest BCUT2D eigenvalue weighted by Crippen LogP contribution is 2.26. The normalized spacial score (nSPS) is 12.0. The quantitative estimate of drug-likeness (QED) is 0.403. The van der Waals surface area contributed by atoms with Gasteiger partial charge < -0.3 is 5.32 Å². The van der Waals surface area contributed by atoms with E-state index in [9.17, 15) is 9.18 Å². The first-order chi connectivity index (χ1) is 15.1. The van der Waals surface area contributed by atoms with Crippen molar-refractivity contribution in [2.45, 2.75) is 23.4 Å². The summed E-state index contributed by atoms with van der Waals surface area (Å²) in [6, 6.07) is 25.8. The number of nitrogens with one attached hydrogen (secondary N) is 2. The number of H-pyrrole nitrogens is 1. The Hall–Kier alpha value is -3.45. The highest BCUT2D eigenvalue weighted by atomic mass is 32.2. The molecule has 156 valence electrons. The summed E-state index contributed by atoms with van der Waals surface area (Å²) in [6.45, 7) is 1.80. The number of rotatable bonds is 7. The van der Waals surface area contributed by atoms with Crippen LogP contribution < -0.4 is 5.32 Å². The summed E-state index contributed by atoms with van der Waals surface area (Å²) in [6.07, 6.45) is 0. The van der Waals surface area contributed by atoms with Gasteiger partial charge >= 0.3 is 0 Å². The van der Waals surface area contributed by atoms with Gasteiger partial charge in [-0.1, -0.05) is 84.6 Å². The van der Waals surface area contributed by atoms with E-state index >= 15 is 0 Å². The minimum atomic E-state index is -0.445. The molecule has 1 atom stereocenters. The fourth-order valence-corrected chi connectivity index (χ4v) is 3.93. The molecule has 31 heavy (non-hydrogen) atoms. The van der Waals surface area contributed by atoms with E-state index in [2.05, 4.69) is 20.5 Å². The number of amides is 1. The number of aromatic nitrogens is 3. The maximum absolute atomic E-state index is 14.0. The minimum absolute atomic E-state index is 0.139. The zero-order chi connectivity index (χ0) is 21.6. The van der Waals surface area contributed by atoms with Crippen molar-refractivity contribution in [1.29, 1.82) is 0 Å². The van der Waals surface area contributed by atoms with Gasteiger partial charge in [-0.3, -0.25) is 9.89 Å². The molecule has 2 N–H and O–H groups in total. The molecule has 4 aromatic rings. The first-order valence-electron chi connectivity index (χ1n) is 9.86. The fourth-order valence-electron chi connectivity index (χ4n) is 3.19. The molecular weight excluding hydrogens is 411 g/mol. The van der Waals surface area contributed by atoms with E-state index in [-0.39, 0.29) is 17.8 Å². The Morgan fingerprint density at radius 1 is 0.935 bits per heavy atom. The average molecular weight is 433 g/mol. The van der Waals surface area contributed by atoms with E-state index in [0.29, 0.717) is 16.5 Å². The molecule has 0 aliphatic heterocycles. The van der Waals surface area contributed by atoms with Crippen molar-refractivity contribution < 1.29 is 9.18 Å². The lowest BCUT2D eigenvalue weighted by Crippen LogP contribution is -2.35. The van der Waals surface area contributed by atoms with Gasteiger partial charge in [0, 0.05) is 0 Å². The van der Waals surface area contributed by atoms with E-state index in [4.69, 9.17) is 0 Å². The molecule has 0 bridgehead atoms. The molecule has 0 aliphatic rings. The summed E-state index contributed by atoms with van der Waals surface area (Å²) in [5, 5.41) is 9.95. The van der Waals surface area contributed by atoms with Crippen LogP contribution in [-0.2, 0) is 4.79 Å². The molecule has 0 fully saturated rings. The average Bonchev–Trinajstić information content (AvgIpc) is 3.27. The van der Waals surface area contributed by atoms with E-state index in [1.807, 2.05) is 60.7 Å². The number of benzene rings is 3. The topological polar surface area (TPSA) is 70.7 Å². The first kappa shape index (κ1) is 20.8. The Labute approximate surface area is 184 Å². The van der Waals surface area contributed by atoms with Crippen LogP contribution in [0.4, 0.5) is 4.39 Å². The molecule has 5 nitrogen and oxygen atoms in total. The Morgan fingerprint density at radius 3 is 2.13 bits per heavy atom. The fraction of sp³-hybridized carbons (Fsp3) is 0.125. The molecule has 1 amide bonds.